The average molecular weight is 685 g/mol. The van der Waals surface area contributed by atoms with E-state index in [-0.39, 0.29) is 0 Å². The molecule has 8 aromatic rings. The highest BCUT2D eigenvalue weighted by Crippen LogP contribution is 2.56. The van der Waals surface area contributed by atoms with Crippen LogP contribution in [0.5, 0.6) is 23.0 Å². The number of nitrogen functional groups attached to an aromatic ring is 2. The number of nitrogens with two attached hydrogens (primary N) is 2. The van der Waals surface area contributed by atoms with Gasteiger partial charge >= 0.3 is 0 Å². The summed E-state index contributed by atoms with van der Waals surface area (Å²) in [6, 6.07) is 66.3. The molecule has 0 fully saturated rings. The third-order valence-electron chi connectivity index (χ3n) is 10.2. The van der Waals surface area contributed by atoms with E-state index >= 15 is 0 Å². The summed E-state index contributed by atoms with van der Waals surface area (Å²) in [5, 5.41) is 0. The molecule has 254 valence electrons. The number of ether oxygens (including phenoxy) is 2. The van der Waals surface area contributed by atoms with Gasteiger partial charge in [0.2, 0.25) is 0 Å². The van der Waals surface area contributed by atoms with E-state index in [9.17, 15) is 0 Å². The largest absolute Gasteiger partial charge is 0.457 e. The fourth-order valence-corrected chi connectivity index (χ4v) is 7.78. The van der Waals surface area contributed by atoms with Crippen LogP contribution in [0.4, 0.5) is 11.4 Å². The molecule has 0 spiro atoms. The summed E-state index contributed by atoms with van der Waals surface area (Å²) in [6.45, 7) is 0. The van der Waals surface area contributed by atoms with Crippen LogP contribution in [0, 0.1) is 0 Å². The van der Waals surface area contributed by atoms with Crippen LogP contribution in [0.15, 0.2) is 194 Å². The molecule has 4 N–H and O–H groups in total. The molecule has 0 heterocycles. The number of benzene rings is 8. The predicted octanol–water partition coefficient (Wildman–Crippen LogP) is 12.1. The highest BCUT2D eigenvalue weighted by atomic mass is 16.5. The Labute approximate surface area is 309 Å². The maximum Gasteiger partial charge on any atom is 0.128 e. The molecule has 9 rings (SSSR count). The Morgan fingerprint density at radius 3 is 1.09 bits per heavy atom. The van der Waals surface area contributed by atoms with Crippen LogP contribution in [0.2, 0.25) is 0 Å². The monoisotopic (exact) mass is 684 g/mol. The van der Waals surface area contributed by atoms with Gasteiger partial charge < -0.3 is 20.9 Å². The van der Waals surface area contributed by atoms with Crippen molar-refractivity contribution in [1.29, 1.82) is 0 Å². The van der Waals surface area contributed by atoms with E-state index in [0.717, 1.165) is 56.4 Å². The van der Waals surface area contributed by atoms with Crippen molar-refractivity contribution in [1.82, 2.24) is 0 Å². The maximum atomic E-state index is 6.43. The van der Waals surface area contributed by atoms with Gasteiger partial charge in [0.05, 0.1) is 5.41 Å². The van der Waals surface area contributed by atoms with Crippen molar-refractivity contribution in [3.05, 3.63) is 216 Å². The molecule has 0 saturated carbocycles. The van der Waals surface area contributed by atoms with Crippen molar-refractivity contribution in [3.8, 4) is 56.4 Å². The Kier molecular flexibility index (Phi) is 7.98. The smallest absolute Gasteiger partial charge is 0.128 e. The Morgan fingerprint density at radius 2 is 0.679 bits per heavy atom. The Morgan fingerprint density at radius 1 is 0.321 bits per heavy atom. The Balaban J connectivity index is 1.09. The molecule has 0 aliphatic heterocycles. The average Bonchev–Trinajstić information content (AvgIpc) is 3.52. The summed E-state index contributed by atoms with van der Waals surface area (Å²) < 4.78 is 12.9. The van der Waals surface area contributed by atoms with Crippen LogP contribution in [0.3, 0.4) is 0 Å². The maximum absolute atomic E-state index is 6.43. The van der Waals surface area contributed by atoms with Gasteiger partial charge in [0.15, 0.2) is 0 Å². The zero-order valence-corrected chi connectivity index (χ0v) is 28.9. The van der Waals surface area contributed by atoms with E-state index in [1.807, 2.05) is 72.8 Å². The first-order valence-corrected chi connectivity index (χ1v) is 17.7. The second-order valence-corrected chi connectivity index (χ2v) is 13.3. The first-order valence-electron chi connectivity index (χ1n) is 17.7. The molecule has 1 aliphatic carbocycles. The van der Waals surface area contributed by atoms with Gasteiger partial charge in [0.1, 0.15) is 23.0 Å². The van der Waals surface area contributed by atoms with Gasteiger partial charge in [0.25, 0.3) is 0 Å². The minimum atomic E-state index is -0.562. The van der Waals surface area contributed by atoms with E-state index in [4.69, 9.17) is 20.9 Å². The normalized spacial score (nSPS) is 12.5. The van der Waals surface area contributed by atoms with Gasteiger partial charge in [-0.25, -0.2) is 0 Å². The fourth-order valence-electron chi connectivity index (χ4n) is 7.78. The number of rotatable bonds is 8. The quantitative estimate of drug-likeness (QED) is 0.156. The lowest BCUT2D eigenvalue weighted by atomic mass is 9.68. The molecular formula is C49H36N2O2. The predicted molar refractivity (Wildman–Crippen MR) is 216 cm³/mol. The van der Waals surface area contributed by atoms with Gasteiger partial charge in [-0.3, -0.25) is 0 Å². The molecule has 0 amide bonds. The van der Waals surface area contributed by atoms with E-state index in [2.05, 4.69) is 121 Å². The standard InChI is InChI=1S/C49H36N2O2/c50-47-29-27-39(31-43(47)33-11-3-1-4-12-33)52-37-23-19-35(20-24-37)49(45-17-9-7-15-41(45)42-16-8-10-18-46(42)49)36-21-25-38(26-22-36)53-40-28-30-48(51)44(32-40)34-13-5-2-6-14-34/h1-32H,50-51H2. The molecule has 0 aromatic heterocycles. The van der Waals surface area contributed by atoms with Crippen molar-refractivity contribution in [2.24, 2.45) is 0 Å². The van der Waals surface area contributed by atoms with Crippen molar-refractivity contribution < 1.29 is 9.47 Å². The fraction of sp³-hybridized carbons (Fsp3) is 0.0204. The Hall–Kier alpha value is -7.04. The highest BCUT2D eigenvalue weighted by molar-refractivity contribution is 5.86. The second kappa shape index (κ2) is 13.3. The summed E-state index contributed by atoms with van der Waals surface area (Å²) in [5.41, 5.74) is 24.8. The van der Waals surface area contributed by atoms with Crippen LogP contribution in [0.25, 0.3) is 33.4 Å². The molecular weight excluding hydrogens is 649 g/mol. The molecule has 8 aromatic carbocycles. The van der Waals surface area contributed by atoms with E-state index in [1.165, 1.54) is 22.3 Å². The highest BCUT2D eigenvalue weighted by Gasteiger charge is 2.45. The number of hydrogen-bond donors (Lipinski definition) is 2. The molecule has 0 unspecified atom stereocenters. The molecule has 53 heavy (non-hydrogen) atoms. The van der Waals surface area contributed by atoms with Gasteiger partial charge in [0, 0.05) is 22.5 Å². The molecule has 4 nitrogen and oxygen atoms in total. The zero-order valence-electron chi connectivity index (χ0n) is 28.9. The minimum Gasteiger partial charge on any atom is -0.457 e. The number of anilines is 2. The lowest BCUT2D eigenvalue weighted by Crippen LogP contribution is -2.28. The first kappa shape index (κ1) is 31.9. The van der Waals surface area contributed by atoms with Gasteiger partial charge in [-0.15, -0.1) is 0 Å². The summed E-state index contributed by atoms with van der Waals surface area (Å²) in [7, 11) is 0. The van der Waals surface area contributed by atoms with Crippen LogP contribution >= 0.6 is 0 Å². The lowest BCUT2D eigenvalue weighted by Gasteiger charge is -2.34. The van der Waals surface area contributed by atoms with E-state index in [1.54, 1.807) is 0 Å². The first-order chi connectivity index (χ1) is 26.1. The number of hydrogen-bond acceptors (Lipinski definition) is 4. The summed E-state index contributed by atoms with van der Waals surface area (Å²) in [4.78, 5) is 0. The zero-order chi connectivity index (χ0) is 35.8. The van der Waals surface area contributed by atoms with Gasteiger partial charge in [-0.05, 0) is 105 Å². The van der Waals surface area contributed by atoms with Crippen LogP contribution in [0.1, 0.15) is 22.3 Å². The van der Waals surface area contributed by atoms with Crippen molar-refractivity contribution >= 4 is 11.4 Å². The second-order valence-electron chi connectivity index (χ2n) is 13.3. The topological polar surface area (TPSA) is 70.5 Å². The Bertz CT molecular complexity index is 2380. The van der Waals surface area contributed by atoms with Gasteiger partial charge in [-0.1, -0.05) is 133 Å². The summed E-state index contributed by atoms with van der Waals surface area (Å²) in [5.74, 6) is 2.94. The summed E-state index contributed by atoms with van der Waals surface area (Å²) in [6.07, 6.45) is 0. The minimum absolute atomic E-state index is 0.562. The van der Waals surface area contributed by atoms with Crippen LogP contribution < -0.4 is 20.9 Å². The molecule has 1 aliphatic rings. The van der Waals surface area contributed by atoms with Crippen LogP contribution in [-0.2, 0) is 5.41 Å². The molecule has 4 heteroatoms. The number of fused-ring (bicyclic) bond motifs is 3. The molecule has 0 saturated heterocycles. The molecule has 0 bridgehead atoms. The third-order valence-corrected chi connectivity index (χ3v) is 10.2. The molecule has 0 radical (unpaired) electrons. The van der Waals surface area contributed by atoms with Crippen molar-refractivity contribution in [2.75, 3.05) is 11.5 Å². The molecule has 0 atom stereocenters. The van der Waals surface area contributed by atoms with Gasteiger partial charge in [-0.2, -0.15) is 0 Å². The summed E-state index contributed by atoms with van der Waals surface area (Å²) >= 11 is 0. The SMILES string of the molecule is Nc1ccc(Oc2ccc(C3(c4ccc(Oc5ccc(N)c(-c6ccccc6)c5)cc4)c4ccccc4-c4ccccc43)cc2)cc1-c1ccccc1. The van der Waals surface area contributed by atoms with E-state index in [0.29, 0.717) is 11.4 Å². The van der Waals surface area contributed by atoms with Crippen molar-refractivity contribution in [3.63, 3.8) is 0 Å². The lowest BCUT2D eigenvalue weighted by molar-refractivity contribution is 0.482. The van der Waals surface area contributed by atoms with Crippen LogP contribution in [-0.4, -0.2) is 0 Å². The third kappa shape index (κ3) is 5.67. The van der Waals surface area contributed by atoms with Crippen molar-refractivity contribution in [2.45, 2.75) is 5.41 Å². The van der Waals surface area contributed by atoms with E-state index < -0.39 is 5.41 Å².